The van der Waals surface area contributed by atoms with Crippen molar-refractivity contribution in [2.75, 3.05) is 12.4 Å². The van der Waals surface area contributed by atoms with Crippen LogP contribution in [0.15, 0.2) is 16.8 Å². The van der Waals surface area contributed by atoms with E-state index >= 15 is 0 Å². The number of esters is 1. The smallest absolute Gasteiger partial charge is 0.355 e. The third kappa shape index (κ3) is 2.40. The zero-order valence-corrected chi connectivity index (χ0v) is 14.4. The van der Waals surface area contributed by atoms with Gasteiger partial charge in [-0.05, 0) is 31.2 Å². The van der Waals surface area contributed by atoms with Crippen molar-refractivity contribution in [1.82, 2.24) is 3.97 Å². The number of anilines is 1. The lowest BCUT2D eigenvalue weighted by molar-refractivity contribution is -0.135. The maximum Gasteiger partial charge on any atom is 0.355 e. The van der Waals surface area contributed by atoms with Crippen molar-refractivity contribution in [3.8, 4) is 6.07 Å². The highest BCUT2D eigenvalue weighted by molar-refractivity contribution is 7.94. The average molecular weight is 349 g/mol. The summed E-state index contributed by atoms with van der Waals surface area (Å²) in [4.78, 5) is 11.8. The second-order valence-electron chi connectivity index (χ2n) is 6.10. The largest absolute Gasteiger partial charge is 0.464 e. The summed E-state index contributed by atoms with van der Waals surface area (Å²) < 4.78 is 31.2. The van der Waals surface area contributed by atoms with Gasteiger partial charge in [-0.1, -0.05) is 19.3 Å². The minimum Gasteiger partial charge on any atom is -0.464 e. The first-order valence-electron chi connectivity index (χ1n) is 7.89. The van der Waals surface area contributed by atoms with Gasteiger partial charge in [0.05, 0.1) is 17.6 Å². The molecular formula is C16H19N3O4S. The van der Waals surface area contributed by atoms with Gasteiger partial charge in [-0.25, -0.2) is 17.2 Å². The topological polar surface area (TPSA) is 101 Å². The van der Waals surface area contributed by atoms with Gasteiger partial charge in [0.25, 0.3) is 10.0 Å². The maximum absolute atomic E-state index is 12.7. The fraction of sp³-hybridized carbons (Fsp3) is 0.500. The standard InChI is InChI=1S/C16H19N3O4S/c1-10-14(16(20)23-2)18-15-12(8-17)13(9-19(15)24(10,21)22)11-6-4-3-5-7-11/h9,11,18H,3-7H2,1-2H3. The van der Waals surface area contributed by atoms with E-state index in [0.717, 1.165) is 41.6 Å². The predicted molar refractivity (Wildman–Crippen MR) is 87.6 cm³/mol. The number of nitrogens with zero attached hydrogens (tertiary/aromatic N) is 2. The van der Waals surface area contributed by atoms with Gasteiger partial charge in [0.15, 0.2) is 0 Å². The lowest BCUT2D eigenvalue weighted by atomic mass is 9.84. The Kier molecular flexibility index (Phi) is 4.13. The Morgan fingerprint density at radius 1 is 1.38 bits per heavy atom. The van der Waals surface area contributed by atoms with Gasteiger partial charge in [0.2, 0.25) is 0 Å². The minimum absolute atomic E-state index is 0.114. The number of nitriles is 1. The second kappa shape index (κ2) is 5.98. The Morgan fingerprint density at radius 2 is 2.04 bits per heavy atom. The summed E-state index contributed by atoms with van der Waals surface area (Å²) >= 11 is 0. The quantitative estimate of drug-likeness (QED) is 0.823. The van der Waals surface area contributed by atoms with E-state index in [-0.39, 0.29) is 22.3 Å². The summed E-state index contributed by atoms with van der Waals surface area (Å²) in [6.07, 6.45) is 6.71. The number of hydrogen-bond acceptors (Lipinski definition) is 6. The molecule has 1 fully saturated rings. The lowest BCUT2D eigenvalue weighted by Crippen LogP contribution is -2.28. The van der Waals surface area contributed by atoms with Crippen LogP contribution in [-0.4, -0.2) is 25.5 Å². The molecule has 0 amide bonds. The summed E-state index contributed by atoms with van der Waals surface area (Å²) in [5.74, 6) is -0.471. The van der Waals surface area contributed by atoms with E-state index < -0.39 is 16.0 Å². The van der Waals surface area contributed by atoms with Gasteiger partial charge < -0.3 is 10.1 Å². The van der Waals surface area contributed by atoms with Crippen molar-refractivity contribution in [2.45, 2.75) is 44.9 Å². The van der Waals surface area contributed by atoms with Crippen LogP contribution in [0.1, 0.15) is 56.1 Å². The molecule has 1 aliphatic heterocycles. The Balaban J connectivity index is 2.16. The molecular weight excluding hydrogens is 330 g/mol. The molecule has 1 N–H and O–H groups in total. The summed E-state index contributed by atoms with van der Waals surface area (Å²) in [5.41, 5.74) is 0.886. The van der Waals surface area contributed by atoms with Gasteiger partial charge >= 0.3 is 5.97 Å². The molecule has 0 bridgehead atoms. The van der Waals surface area contributed by atoms with Crippen LogP contribution in [0.3, 0.4) is 0 Å². The Bertz CT molecular complexity index is 868. The number of hydrogen-bond donors (Lipinski definition) is 1. The number of aromatic nitrogens is 1. The number of carbonyl (C=O) groups is 1. The minimum atomic E-state index is -3.89. The number of fused-ring (bicyclic) bond motifs is 1. The van der Waals surface area contributed by atoms with Crippen molar-refractivity contribution >= 4 is 21.8 Å². The molecule has 0 saturated heterocycles. The molecule has 0 atom stereocenters. The first kappa shape index (κ1) is 16.6. The molecule has 3 rings (SSSR count). The predicted octanol–water partition coefficient (Wildman–Crippen LogP) is 2.42. The summed E-state index contributed by atoms with van der Waals surface area (Å²) in [6, 6.07) is 2.11. The number of rotatable bonds is 2. The molecule has 2 aliphatic rings. The fourth-order valence-corrected chi connectivity index (χ4v) is 4.75. The SMILES string of the molecule is COC(=O)C1=C(C)S(=O)(=O)n2cc(C3CCCCC3)c(C#N)c2N1. The van der Waals surface area contributed by atoms with E-state index in [1.807, 2.05) is 0 Å². The molecule has 1 aromatic rings. The normalized spacial score (nSPS) is 20.0. The molecule has 0 radical (unpaired) electrons. The highest BCUT2D eigenvalue weighted by Crippen LogP contribution is 2.40. The number of nitrogens with one attached hydrogen (secondary N) is 1. The third-order valence-electron chi connectivity index (χ3n) is 4.79. The van der Waals surface area contributed by atoms with Crippen LogP contribution in [0.4, 0.5) is 5.82 Å². The van der Waals surface area contributed by atoms with Crippen LogP contribution < -0.4 is 5.32 Å². The maximum atomic E-state index is 12.7. The average Bonchev–Trinajstić information content (AvgIpc) is 2.97. The Hall–Kier alpha value is -2.27. The molecule has 0 spiro atoms. The van der Waals surface area contributed by atoms with E-state index in [1.54, 1.807) is 0 Å². The molecule has 7 nitrogen and oxygen atoms in total. The van der Waals surface area contributed by atoms with Crippen LogP contribution in [0.5, 0.6) is 0 Å². The van der Waals surface area contributed by atoms with Gasteiger partial charge in [-0.3, -0.25) is 0 Å². The molecule has 2 heterocycles. The highest BCUT2D eigenvalue weighted by Gasteiger charge is 2.36. The van der Waals surface area contributed by atoms with Crippen LogP contribution in [0, 0.1) is 11.3 Å². The first-order valence-corrected chi connectivity index (χ1v) is 9.33. The molecule has 1 aliphatic carbocycles. The summed E-state index contributed by atoms with van der Waals surface area (Å²) in [6.45, 7) is 1.35. The molecule has 128 valence electrons. The van der Waals surface area contributed by atoms with Gasteiger partial charge in [-0.2, -0.15) is 5.26 Å². The third-order valence-corrected chi connectivity index (χ3v) is 6.57. The molecule has 1 aromatic heterocycles. The molecule has 0 aromatic carbocycles. The van der Waals surface area contributed by atoms with E-state index in [1.165, 1.54) is 20.2 Å². The Morgan fingerprint density at radius 3 is 2.62 bits per heavy atom. The molecule has 24 heavy (non-hydrogen) atoms. The van der Waals surface area contributed by atoms with Crippen molar-refractivity contribution in [2.24, 2.45) is 0 Å². The van der Waals surface area contributed by atoms with Crippen molar-refractivity contribution in [1.29, 1.82) is 5.26 Å². The van der Waals surface area contributed by atoms with E-state index in [4.69, 9.17) is 0 Å². The number of allylic oxidation sites excluding steroid dienone is 1. The van der Waals surface area contributed by atoms with Crippen molar-refractivity contribution in [3.05, 3.63) is 27.9 Å². The zero-order valence-electron chi connectivity index (χ0n) is 13.6. The number of methoxy groups -OCH3 is 1. The lowest BCUT2D eigenvalue weighted by Gasteiger charge is -2.21. The first-order chi connectivity index (χ1) is 11.4. The van der Waals surface area contributed by atoms with Gasteiger partial charge in [0.1, 0.15) is 17.6 Å². The second-order valence-corrected chi connectivity index (χ2v) is 8.06. The fourth-order valence-electron chi connectivity index (χ4n) is 3.43. The van der Waals surface area contributed by atoms with Gasteiger partial charge in [0, 0.05) is 6.20 Å². The van der Waals surface area contributed by atoms with E-state index in [0.29, 0.717) is 5.56 Å². The van der Waals surface area contributed by atoms with Crippen LogP contribution in [0.25, 0.3) is 0 Å². The van der Waals surface area contributed by atoms with Gasteiger partial charge in [-0.15, -0.1) is 0 Å². The number of carbonyl (C=O) groups excluding carboxylic acids is 1. The molecule has 8 heteroatoms. The van der Waals surface area contributed by atoms with Crippen LogP contribution in [0.2, 0.25) is 0 Å². The van der Waals surface area contributed by atoms with Crippen LogP contribution in [-0.2, 0) is 19.6 Å². The van der Waals surface area contributed by atoms with Crippen molar-refractivity contribution < 1.29 is 17.9 Å². The monoisotopic (exact) mass is 349 g/mol. The number of ether oxygens (including phenoxy) is 1. The molecule has 0 unspecified atom stereocenters. The van der Waals surface area contributed by atoms with Crippen molar-refractivity contribution in [3.63, 3.8) is 0 Å². The summed E-state index contributed by atoms with van der Waals surface area (Å²) in [5, 5.41) is 12.4. The summed E-state index contributed by atoms with van der Waals surface area (Å²) in [7, 11) is -2.71. The highest BCUT2D eigenvalue weighted by atomic mass is 32.2. The zero-order chi connectivity index (χ0) is 17.5. The van der Waals surface area contributed by atoms with Crippen LogP contribution >= 0.6 is 0 Å². The van der Waals surface area contributed by atoms with E-state index in [2.05, 4.69) is 16.1 Å². The Labute approximate surface area is 141 Å². The van der Waals surface area contributed by atoms with E-state index in [9.17, 15) is 18.5 Å². The molecule has 1 saturated carbocycles.